The molecule has 0 unspecified atom stereocenters. The molecule has 0 aliphatic carbocycles. The molecule has 0 fully saturated rings. The topological polar surface area (TPSA) is 10.9 Å². The van der Waals surface area contributed by atoms with Crippen LogP contribution < -0.4 is 9.80 Å². The second-order valence-corrected chi connectivity index (χ2v) is 16.8. The van der Waals surface area contributed by atoms with Gasteiger partial charge in [-0.2, -0.15) is 0 Å². The molecule has 11 rings (SSSR count). The Morgan fingerprint density at radius 1 is 0.473 bits per heavy atom. The van der Waals surface area contributed by atoms with E-state index in [1.807, 2.05) is 84.9 Å². The molecule has 0 saturated carbocycles. The Balaban J connectivity index is 1.17. The quantitative estimate of drug-likeness (QED) is 0.167. The molecule has 0 bridgehead atoms. The summed E-state index contributed by atoms with van der Waals surface area (Å²) in [7, 11) is 0. The van der Waals surface area contributed by atoms with Gasteiger partial charge in [0.1, 0.15) is 9.66 Å². The van der Waals surface area contributed by atoms with Crippen LogP contribution in [-0.4, -0.2) is 4.40 Å². The van der Waals surface area contributed by atoms with Crippen LogP contribution in [0, 0.1) is 0 Å². The number of anilines is 6. The van der Waals surface area contributed by atoms with Crippen molar-refractivity contribution in [1.29, 1.82) is 0 Å². The highest BCUT2D eigenvalue weighted by atomic mass is 32.1. The fourth-order valence-corrected chi connectivity index (χ4v) is 10.5. The highest BCUT2D eigenvalue weighted by molar-refractivity contribution is 7.27. The van der Waals surface area contributed by atoms with E-state index in [9.17, 15) is 0 Å². The Morgan fingerprint density at radius 2 is 0.909 bits per heavy atom. The summed E-state index contributed by atoms with van der Waals surface area (Å²) in [5.41, 5.74) is 4.91. The largest absolute Gasteiger partial charge is 0.310 e. The van der Waals surface area contributed by atoms with Crippen molar-refractivity contribution in [3.63, 3.8) is 0 Å². The van der Waals surface area contributed by atoms with Crippen LogP contribution in [0.2, 0.25) is 0 Å². The minimum absolute atomic E-state index is 0.0710. The molecule has 55 heavy (non-hydrogen) atoms. The van der Waals surface area contributed by atoms with Gasteiger partial charge in [0.2, 0.25) is 0 Å². The molecule has 0 radical (unpaired) electrons. The van der Waals surface area contributed by atoms with Crippen LogP contribution in [0.5, 0.6) is 0 Å². The van der Waals surface area contributed by atoms with E-state index in [1.165, 1.54) is 5.56 Å². The van der Waals surface area contributed by atoms with E-state index in [0.717, 1.165) is 56.9 Å². The van der Waals surface area contributed by atoms with Crippen LogP contribution in [0.25, 0.3) is 56.9 Å². The van der Waals surface area contributed by atoms with E-state index >= 15 is 0 Å². The number of rotatable bonds is 6. The predicted octanol–water partition coefficient (Wildman–Crippen LogP) is 15.5. The van der Waals surface area contributed by atoms with Gasteiger partial charge < -0.3 is 9.80 Å². The number of hydrogen-bond donors (Lipinski definition) is 0. The number of fused-ring (bicyclic) bond motifs is 10. The van der Waals surface area contributed by atoms with Crippen molar-refractivity contribution in [3.05, 3.63) is 175 Å². The summed E-state index contributed by atoms with van der Waals surface area (Å²) in [6, 6.07) is 31.9. The summed E-state index contributed by atoms with van der Waals surface area (Å²) in [6.07, 6.45) is 0. The number of nitrogens with zero attached hydrogens (tertiary/aromatic N) is 3. The van der Waals surface area contributed by atoms with Crippen LogP contribution in [0.3, 0.4) is 0 Å². The highest BCUT2D eigenvalue weighted by Gasteiger charge is 2.27. The summed E-state index contributed by atoms with van der Waals surface area (Å²) in [5, 5.41) is 6.61. The van der Waals surface area contributed by atoms with E-state index < -0.39 is 36.3 Å². The van der Waals surface area contributed by atoms with Crippen molar-refractivity contribution in [2.24, 2.45) is 0 Å². The van der Waals surface area contributed by atoms with Gasteiger partial charge in [-0.1, -0.05) is 106 Å². The van der Waals surface area contributed by atoms with Gasteiger partial charge in [0.05, 0.1) is 19.2 Å². The lowest BCUT2D eigenvalue weighted by molar-refractivity contribution is 0.592. The minimum Gasteiger partial charge on any atom is -0.310 e. The first-order chi connectivity index (χ1) is 31.1. The summed E-state index contributed by atoms with van der Waals surface area (Å²) >= 11 is 3.30. The molecular formula is C50H37N3S2. The van der Waals surface area contributed by atoms with E-state index in [0.29, 0.717) is 22.7 Å². The third kappa shape index (κ3) is 5.00. The molecule has 0 atom stereocenters. The molecule has 264 valence electrons. The molecule has 0 N–H and O–H groups in total. The van der Waals surface area contributed by atoms with Crippen molar-refractivity contribution in [2.75, 3.05) is 9.80 Å². The Kier molecular flexibility index (Phi) is 5.23. The summed E-state index contributed by atoms with van der Waals surface area (Å²) in [6.45, 7) is 6.65. The molecule has 0 saturated heterocycles. The van der Waals surface area contributed by atoms with Gasteiger partial charge in [0.15, 0.2) is 0 Å². The van der Waals surface area contributed by atoms with E-state index in [2.05, 4.69) is 49.4 Å². The average Bonchev–Trinajstić information content (AvgIpc) is 4.04. The molecule has 0 aliphatic heterocycles. The zero-order chi connectivity index (χ0) is 45.5. The molecule has 0 spiro atoms. The molecular weight excluding hydrogens is 707 g/mol. The van der Waals surface area contributed by atoms with E-state index in [1.54, 1.807) is 32.5 Å². The summed E-state index contributed by atoms with van der Waals surface area (Å²) < 4.78 is 90.6. The van der Waals surface area contributed by atoms with Gasteiger partial charge in [0.25, 0.3) is 0 Å². The van der Waals surface area contributed by atoms with Crippen LogP contribution in [-0.2, 0) is 5.41 Å². The van der Waals surface area contributed by atoms with Crippen molar-refractivity contribution < 1.29 is 13.7 Å². The van der Waals surface area contributed by atoms with E-state index in [-0.39, 0.29) is 41.0 Å². The number of thiophene rings is 2. The Labute approximate surface area is 341 Å². The van der Waals surface area contributed by atoms with Gasteiger partial charge >= 0.3 is 0 Å². The lowest BCUT2D eigenvalue weighted by Crippen LogP contribution is -2.10. The second-order valence-electron chi connectivity index (χ2n) is 14.7. The van der Waals surface area contributed by atoms with Crippen molar-refractivity contribution >= 4 is 114 Å². The summed E-state index contributed by atoms with van der Waals surface area (Å²) in [5.74, 6) is 0. The number of hydrogen-bond acceptors (Lipinski definition) is 4. The molecule has 11 aromatic rings. The second kappa shape index (κ2) is 12.2. The zero-order valence-electron chi connectivity index (χ0n) is 40.1. The first-order valence-corrected chi connectivity index (χ1v) is 19.7. The van der Waals surface area contributed by atoms with Gasteiger partial charge in [-0.25, -0.2) is 0 Å². The predicted molar refractivity (Wildman–Crippen MR) is 240 cm³/mol. The van der Waals surface area contributed by atoms with Crippen LogP contribution >= 0.6 is 22.7 Å². The fraction of sp³-hybridized carbons (Fsp3) is 0.0800. The maximum absolute atomic E-state index is 8.94. The van der Waals surface area contributed by atoms with Gasteiger partial charge in [-0.3, -0.25) is 4.40 Å². The number of para-hydroxylation sites is 4. The highest BCUT2D eigenvalue weighted by Crippen LogP contribution is 2.52. The first-order valence-electron chi connectivity index (χ1n) is 23.0. The van der Waals surface area contributed by atoms with Crippen LogP contribution in [0.15, 0.2) is 170 Å². The maximum Gasteiger partial charge on any atom is 0.110 e. The van der Waals surface area contributed by atoms with Crippen LogP contribution in [0.1, 0.15) is 40.0 Å². The molecule has 4 aromatic heterocycles. The lowest BCUT2D eigenvalue weighted by Gasteiger charge is -2.25. The van der Waals surface area contributed by atoms with Gasteiger partial charge in [0, 0.05) is 75.8 Å². The van der Waals surface area contributed by atoms with Crippen molar-refractivity contribution in [3.8, 4) is 0 Å². The maximum atomic E-state index is 8.94. The fourth-order valence-electron chi connectivity index (χ4n) is 7.92. The third-order valence-electron chi connectivity index (χ3n) is 10.4. The molecule has 0 amide bonds. The third-order valence-corrected chi connectivity index (χ3v) is 12.7. The normalized spacial score (nSPS) is 14.8. The molecule has 5 heteroatoms. The monoisotopic (exact) mass is 753 g/mol. The van der Waals surface area contributed by atoms with Gasteiger partial charge in [-0.05, 0) is 95.8 Å². The summed E-state index contributed by atoms with van der Waals surface area (Å²) in [4.78, 5) is 5.61. The molecule has 4 heterocycles. The average molecular weight is 754 g/mol. The Morgan fingerprint density at radius 3 is 1.33 bits per heavy atom. The van der Waals surface area contributed by atoms with E-state index in [4.69, 9.17) is 13.7 Å². The molecule has 7 aromatic carbocycles. The number of aromatic nitrogens is 1. The van der Waals surface area contributed by atoms with Crippen LogP contribution in [0.4, 0.5) is 34.1 Å². The zero-order valence-corrected chi connectivity index (χ0v) is 31.7. The standard InChI is InChI=1S/C50H37N3S2/c1-50(2,3)32-28-41-45-39-26-24-37(51(33-16-8-4-9-17-33)34-18-10-5-11-19-34)30-43(39)54-48(45)53-47(41)42(29-32)46-40-27-25-38(31-44(40)55-49(46)53)52(35-20-12-6-13-21-35)36-22-14-7-15-23-36/h4-31H,1-3H3/i4D,6D,8D,9D,12D,13D,16D,17D,20D,21D. The molecule has 3 nitrogen and oxygen atoms in total. The minimum atomic E-state index is -0.445. The van der Waals surface area contributed by atoms with Gasteiger partial charge in [-0.15, -0.1) is 22.7 Å². The van der Waals surface area contributed by atoms with Crippen molar-refractivity contribution in [2.45, 2.75) is 26.2 Å². The molecule has 0 aliphatic rings. The number of benzene rings is 7. The Hall–Kier alpha value is -6.14. The SMILES string of the molecule is [2H]c1c([2H])c([2H])c(N(c2ccccc2)c2ccc3c(c2)sc2c3c3cc(C(C)(C)C)cc4c5c6ccc(N(c7ccccc7)c7c([2H])c([2H])c([2H])c([2H])c7[2H])cc6sc5n2c34)c([2H])c1[2H]. The first kappa shape index (κ1) is 23.6. The lowest BCUT2D eigenvalue weighted by atomic mass is 9.85. The smallest absolute Gasteiger partial charge is 0.110 e. The van der Waals surface area contributed by atoms with Crippen molar-refractivity contribution in [1.82, 2.24) is 4.40 Å². The Bertz CT molecular complexity index is 3490.